The van der Waals surface area contributed by atoms with Crippen LogP contribution in [0.25, 0.3) is 0 Å². The van der Waals surface area contributed by atoms with Crippen LogP contribution in [0.1, 0.15) is 128 Å². The molecule has 6 nitrogen and oxygen atoms in total. The topological polar surface area (TPSA) is 59.1 Å². The number of benzene rings is 4. The molecule has 4 aromatic carbocycles. The first-order valence-corrected chi connectivity index (χ1v) is 21.2. The van der Waals surface area contributed by atoms with Gasteiger partial charge in [0.1, 0.15) is 12.2 Å². The van der Waals surface area contributed by atoms with Crippen molar-refractivity contribution in [3.05, 3.63) is 144 Å². The Bertz CT molecular complexity index is 1730. The molecule has 4 aromatic rings. The first kappa shape index (κ1) is 42.3. The van der Waals surface area contributed by atoms with Gasteiger partial charge in [-0.2, -0.15) is 0 Å². The molecule has 2 saturated heterocycles. The van der Waals surface area contributed by atoms with E-state index in [-0.39, 0.29) is 35.0 Å². The van der Waals surface area contributed by atoms with E-state index < -0.39 is 29.6 Å². The Morgan fingerprint density at radius 3 is 1.07 bits per heavy atom. The molecule has 0 N–H and O–H groups in total. The van der Waals surface area contributed by atoms with Crippen LogP contribution in [-0.2, 0) is 31.9 Å². The van der Waals surface area contributed by atoms with Gasteiger partial charge in [0.2, 0.25) is 0 Å². The quantitative estimate of drug-likeness (QED) is 0.0940. The van der Waals surface area contributed by atoms with Gasteiger partial charge in [0, 0.05) is 35.2 Å². The van der Waals surface area contributed by atoms with Crippen LogP contribution in [0.5, 0.6) is 0 Å². The van der Waals surface area contributed by atoms with Crippen LogP contribution < -0.4 is 0 Å². The number of esters is 2. The number of ether oxygens (including phenoxy) is 2. The van der Waals surface area contributed by atoms with Gasteiger partial charge in [-0.1, -0.05) is 121 Å². The average Bonchev–Trinajstić information content (AvgIpc) is 3.17. The van der Waals surface area contributed by atoms with Crippen LogP contribution in [0.4, 0.5) is 0 Å². The summed E-state index contributed by atoms with van der Waals surface area (Å²) in [6.07, 6.45) is 5.52. The average molecular weight is 771 g/mol. The predicted octanol–water partition coefficient (Wildman–Crippen LogP) is 11.1. The van der Waals surface area contributed by atoms with Crippen molar-refractivity contribution in [1.82, 2.24) is 9.80 Å². The fourth-order valence-electron chi connectivity index (χ4n) is 9.97. The van der Waals surface area contributed by atoms with Gasteiger partial charge in [0.25, 0.3) is 0 Å². The Labute approximate surface area is 343 Å². The van der Waals surface area contributed by atoms with E-state index in [0.29, 0.717) is 13.1 Å². The SMILES string of the molecule is CC1(C)CCCC(C)(C)N1CC(OC(=O)C(Cc1ccccc1)(Cc1ccccc1)C(=O)OC(CN1C(C)(C)CCCC1(C)C)c1ccccc1)c1ccccc1. The highest BCUT2D eigenvalue weighted by Crippen LogP contribution is 2.43. The van der Waals surface area contributed by atoms with Crippen molar-refractivity contribution in [2.75, 3.05) is 13.1 Å². The summed E-state index contributed by atoms with van der Waals surface area (Å²) in [7, 11) is 0. The fourth-order valence-corrected chi connectivity index (χ4v) is 9.97. The summed E-state index contributed by atoms with van der Waals surface area (Å²) in [6.45, 7) is 19.3. The molecule has 6 rings (SSSR count). The number of carbonyl (C=O) groups is 2. The van der Waals surface area contributed by atoms with Crippen molar-refractivity contribution in [1.29, 1.82) is 0 Å². The normalized spacial score (nSPS) is 20.2. The molecule has 0 saturated carbocycles. The van der Waals surface area contributed by atoms with E-state index in [1.807, 2.05) is 121 Å². The summed E-state index contributed by atoms with van der Waals surface area (Å²) in [4.78, 5) is 36.3. The first-order valence-electron chi connectivity index (χ1n) is 21.2. The molecule has 0 aliphatic carbocycles. The number of hydrogen-bond acceptors (Lipinski definition) is 6. The molecule has 304 valence electrons. The standard InChI is InChI=1S/C51H66N2O4/c1-47(2)31-21-32-48(3,4)52(47)37-43(41-27-17-11-18-28-41)56-45(54)51(35-39-23-13-9-14-24-39,36-40-25-15-10-16-26-40)46(55)57-44(42-29-19-12-20-30-42)38-53-49(5,6)33-22-34-50(53,7)8/h9-20,23-30,43-44H,21-22,31-38H2,1-8H3. The van der Waals surface area contributed by atoms with Crippen LogP contribution in [0.2, 0.25) is 0 Å². The number of likely N-dealkylation sites (tertiary alicyclic amines) is 2. The van der Waals surface area contributed by atoms with Gasteiger partial charge in [0.05, 0.1) is 0 Å². The third-order valence-electron chi connectivity index (χ3n) is 13.1. The van der Waals surface area contributed by atoms with Crippen molar-refractivity contribution in [3.8, 4) is 0 Å². The molecule has 2 heterocycles. The Morgan fingerprint density at radius 1 is 0.491 bits per heavy atom. The Kier molecular flexibility index (Phi) is 12.9. The largest absolute Gasteiger partial charge is 0.455 e. The minimum absolute atomic E-state index is 0.107. The summed E-state index contributed by atoms with van der Waals surface area (Å²) in [5.74, 6) is -1.13. The molecule has 2 aliphatic heterocycles. The maximum absolute atomic E-state index is 15.6. The molecule has 57 heavy (non-hydrogen) atoms. The summed E-state index contributed by atoms with van der Waals surface area (Å²) in [5.41, 5.74) is 1.42. The third kappa shape index (κ3) is 9.89. The van der Waals surface area contributed by atoms with E-state index in [4.69, 9.17) is 9.47 Å². The number of piperidine rings is 2. The third-order valence-corrected chi connectivity index (χ3v) is 13.1. The molecule has 2 atom stereocenters. The highest BCUT2D eigenvalue weighted by atomic mass is 16.6. The molecule has 0 spiro atoms. The second-order valence-corrected chi connectivity index (χ2v) is 19.2. The number of hydrogen-bond donors (Lipinski definition) is 0. The lowest BCUT2D eigenvalue weighted by atomic mass is 9.76. The highest BCUT2D eigenvalue weighted by Gasteiger charge is 2.52. The van der Waals surface area contributed by atoms with Crippen molar-refractivity contribution >= 4 is 11.9 Å². The second-order valence-electron chi connectivity index (χ2n) is 19.2. The van der Waals surface area contributed by atoms with E-state index in [9.17, 15) is 0 Å². The molecule has 2 unspecified atom stereocenters. The summed E-state index contributed by atoms with van der Waals surface area (Å²) in [6, 6.07) is 39.8. The molecule has 0 radical (unpaired) electrons. The van der Waals surface area contributed by atoms with E-state index >= 15 is 9.59 Å². The van der Waals surface area contributed by atoms with Gasteiger partial charge < -0.3 is 9.47 Å². The maximum Gasteiger partial charge on any atom is 0.324 e. The monoisotopic (exact) mass is 771 g/mol. The second kappa shape index (κ2) is 17.3. The van der Waals surface area contributed by atoms with Crippen molar-refractivity contribution < 1.29 is 19.1 Å². The molecule has 6 heteroatoms. The Balaban J connectivity index is 1.45. The van der Waals surface area contributed by atoms with E-state index in [0.717, 1.165) is 60.8 Å². The lowest BCUT2D eigenvalue weighted by Gasteiger charge is -2.54. The Morgan fingerprint density at radius 2 is 0.772 bits per heavy atom. The molecular weight excluding hydrogens is 705 g/mol. The molecule has 0 aromatic heterocycles. The van der Waals surface area contributed by atoms with Crippen LogP contribution in [0.3, 0.4) is 0 Å². The lowest BCUT2D eigenvalue weighted by molar-refractivity contribution is -0.183. The minimum atomic E-state index is -1.69. The van der Waals surface area contributed by atoms with Crippen LogP contribution in [-0.4, -0.2) is 57.0 Å². The number of nitrogens with zero attached hydrogens (tertiary/aromatic N) is 2. The van der Waals surface area contributed by atoms with E-state index in [2.05, 4.69) is 65.2 Å². The highest BCUT2D eigenvalue weighted by molar-refractivity contribution is 6.01. The zero-order chi connectivity index (χ0) is 40.9. The van der Waals surface area contributed by atoms with Crippen molar-refractivity contribution in [3.63, 3.8) is 0 Å². The summed E-state index contributed by atoms with van der Waals surface area (Å²) >= 11 is 0. The van der Waals surface area contributed by atoms with Gasteiger partial charge in [0.15, 0.2) is 5.41 Å². The lowest BCUT2D eigenvalue weighted by Crippen LogP contribution is -2.60. The minimum Gasteiger partial charge on any atom is -0.455 e. The van der Waals surface area contributed by atoms with Gasteiger partial charge in [-0.05, 0) is 129 Å². The van der Waals surface area contributed by atoms with Crippen LogP contribution >= 0.6 is 0 Å². The first-order chi connectivity index (χ1) is 27.0. The number of carbonyl (C=O) groups excluding carboxylic acids is 2. The van der Waals surface area contributed by atoms with Crippen LogP contribution in [0.15, 0.2) is 121 Å². The summed E-state index contributed by atoms with van der Waals surface area (Å²) < 4.78 is 13.7. The molecular formula is C51H66N2O4. The zero-order valence-electron chi connectivity index (χ0n) is 35.8. The van der Waals surface area contributed by atoms with Crippen LogP contribution in [0, 0.1) is 5.41 Å². The van der Waals surface area contributed by atoms with Gasteiger partial charge in [-0.3, -0.25) is 19.4 Å². The smallest absolute Gasteiger partial charge is 0.324 e. The van der Waals surface area contributed by atoms with Crippen molar-refractivity contribution in [2.45, 2.75) is 141 Å². The van der Waals surface area contributed by atoms with E-state index in [1.165, 1.54) is 0 Å². The van der Waals surface area contributed by atoms with Gasteiger partial charge in [-0.25, -0.2) is 0 Å². The summed E-state index contributed by atoms with van der Waals surface area (Å²) in [5, 5.41) is 0. The molecule has 2 fully saturated rings. The predicted molar refractivity (Wildman–Crippen MR) is 231 cm³/mol. The van der Waals surface area contributed by atoms with Gasteiger partial charge in [-0.15, -0.1) is 0 Å². The maximum atomic E-state index is 15.6. The van der Waals surface area contributed by atoms with E-state index in [1.54, 1.807) is 0 Å². The number of rotatable bonds is 14. The van der Waals surface area contributed by atoms with Gasteiger partial charge >= 0.3 is 11.9 Å². The fraction of sp³-hybridized carbons (Fsp3) is 0.490. The van der Waals surface area contributed by atoms with Crippen molar-refractivity contribution in [2.24, 2.45) is 5.41 Å². The molecule has 0 amide bonds. The molecule has 2 aliphatic rings. The zero-order valence-corrected chi connectivity index (χ0v) is 35.8. The molecule has 0 bridgehead atoms. The Hall–Kier alpha value is -4.26.